The van der Waals surface area contributed by atoms with E-state index in [1.165, 1.54) is 10.8 Å². The van der Waals surface area contributed by atoms with E-state index in [2.05, 4.69) is 42.0 Å². The molecule has 4 aromatic rings. The molecule has 4 aromatic heterocycles. The fraction of sp³-hybridized carbons (Fsp3) is 0.531. The summed E-state index contributed by atoms with van der Waals surface area (Å²) in [6, 6.07) is 4.10. The zero-order chi connectivity index (χ0) is 33.0. The third-order valence-electron chi connectivity index (χ3n) is 9.34. The maximum Gasteiger partial charge on any atom is 0.434 e. The van der Waals surface area contributed by atoms with Crippen molar-refractivity contribution < 1.29 is 19.1 Å². The van der Waals surface area contributed by atoms with Gasteiger partial charge in [-0.2, -0.15) is 4.98 Å². The minimum atomic E-state index is -0.522. The fourth-order valence-electron chi connectivity index (χ4n) is 6.37. The van der Waals surface area contributed by atoms with E-state index in [1.807, 2.05) is 24.5 Å². The number of nitrogens with one attached hydrogen (secondary N) is 1. The van der Waals surface area contributed by atoms with Gasteiger partial charge in [-0.1, -0.05) is 4.98 Å². The topological polar surface area (TPSA) is 162 Å². The molecule has 1 N–H and O–H groups in total. The number of imidazole rings is 1. The van der Waals surface area contributed by atoms with Gasteiger partial charge >= 0.3 is 5.95 Å². The lowest BCUT2D eigenvalue weighted by atomic mass is 9.93. The quantitative estimate of drug-likeness (QED) is 0.195. The molecule has 254 valence electrons. The Labute approximate surface area is 278 Å². The van der Waals surface area contributed by atoms with Gasteiger partial charge in [-0.05, 0) is 43.7 Å². The third-order valence-corrected chi connectivity index (χ3v) is 9.34. The number of piperazine rings is 1. The number of fused-ring (bicyclic) bond motifs is 1. The van der Waals surface area contributed by atoms with Crippen molar-refractivity contribution in [3.8, 4) is 11.6 Å². The van der Waals surface area contributed by atoms with Gasteiger partial charge in [-0.15, -0.1) is 0 Å². The van der Waals surface area contributed by atoms with Crippen molar-refractivity contribution in [2.75, 3.05) is 74.6 Å². The third kappa shape index (κ3) is 7.18. The van der Waals surface area contributed by atoms with Crippen molar-refractivity contribution in [2.24, 2.45) is 7.05 Å². The smallest absolute Gasteiger partial charge is 0.434 e. The number of morpholine rings is 1. The van der Waals surface area contributed by atoms with Gasteiger partial charge < -0.3 is 44.3 Å². The first-order valence-corrected chi connectivity index (χ1v) is 16.5. The molecule has 6 heterocycles. The summed E-state index contributed by atoms with van der Waals surface area (Å²) in [5, 5.41) is 15.5. The minimum Gasteiger partial charge on any atom is -0.484 e. The van der Waals surface area contributed by atoms with Crippen LogP contribution in [0.2, 0.25) is 0 Å². The van der Waals surface area contributed by atoms with Crippen LogP contribution in [0.3, 0.4) is 0 Å². The lowest BCUT2D eigenvalue weighted by Crippen LogP contribution is -2.44. The molecule has 7 rings (SSSR count). The summed E-state index contributed by atoms with van der Waals surface area (Å²) in [5.41, 5.74) is 2.38. The van der Waals surface area contributed by atoms with Crippen molar-refractivity contribution in [1.82, 2.24) is 34.4 Å². The van der Waals surface area contributed by atoms with Crippen LogP contribution in [0.4, 0.5) is 23.4 Å². The molecular weight excluding hydrogens is 618 g/mol. The molecule has 2 aliphatic heterocycles. The zero-order valence-electron chi connectivity index (χ0n) is 27.3. The van der Waals surface area contributed by atoms with Crippen molar-refractivity contribution in [2.45, 2.75) is 44.4 Å². The van der Waals surface area contributed by atoms with Crippen LogP contribution >= 0.6 is 0 Å². The molecular formula is C32H41N11O5. The first-order valence-electron chi connectivity index (χ1n) is 16.5. The highest BCUT2D eigenvalue weighted by Crippen LogP contribution is 2.33. The number of pyridine rings is 2. The highest BCUT2D eigenvalue weighted by molar-refractivity contribution is 5.87. The molecule has 2 saturated heterocycles. The first-order chi connectivity index (χ1) is 23.4. The van der Waals surface area contributed by atoms with Gasteiger partial charge in [0.2, 0.25) is 11.8 Å². The molecule has 0 spiro atoms. The highest BCUT2D eigenvalue weighted by atomic mass is 16.6. The second-order valence-electron chi connectivity index (χ2n) is 12.6. The monoisotopic (exact) mass is 659 g/mol. The Hall–Kier alpha value is -4.83. The van der Waals surface area contributed by atoms with E-state index >= 15 is 0 Å². The van der Waals surface area contributed by atoms with Crippen LogP contribution in [0, 0.1) is 10.1 Å². The minimum absolute atomic E-state index is 0.0150. The summed E-state index contributed by atoms with van der Waals surface area (Å²) in [6.07, 6.45) is 10.4. The molecule has 48 heavy (non-hydrogen) atoms. The summed E-state index contributed by atoms with van der Waals surface area (Å²) < 4.78 is 19.6. The summed E-state index contributed by atoms with van der Waals surface area (Å²) in [7, 11) is 3.74. The normalized spacial score (nSPS) is 20.5. The number of rotatable bonds is 10. The van der Waals surface area contributed by atoms with Gasteiger partial charge in [-0.3, -0.25) is 4.98 Å². The van der Waals surface area contributed by atoms with Crippen molar-refractivity contribution >= 4 is 34.3 Å². The van der Waals surface area contributed by atoms with Crippen LogP contribution in [0.5, 0.6) is 11.6 Å². The first kappa shape index (κ1) is 31.8. The van der Waals surface area contributed by atoms with Crippen LogP contribution < -0.4 is 24.6 Å². The Balaban J connectivity index is 1.02. The molecule has 16 heteroatoms. The molecule has 0 bridgehead atoms. The lowest BCUT2D eigenvalue weighted by molar-refractivity contribution is -0.396. The molecule has 3 fully saturated rings. The van der Waals surface area contributed by atoms with Gasteiger partial charge in [0, 0.05) is 51.4 Å². The van der Waals surface area contributed by atoms with E-state index in [-0.39, 0.29) is 24.7 Å². The van der Waals surface area contributed by atoms with Crippen molar-refractivity contribution in [3.05, 3.63) is 52.7 Å². The molecule has 0 unspecified atom stereocenters. The summed E-state index contributed by atoms with van der Waals surface area (Å²) >= 11 is 0. The van der Waals surface area contributed by atoms with E-state index in [1.54, 1.807) is 13.2 Å². The zero-order valence-corrected chi connectivity index (χ0v) is 27.3. The second kappa shape index (κ2) is 14.1. The predicted molar refractivity (Wildman–Crippen MR) is 179 cm³/mol. The van der Waals surface area contributed by atoms with E-state index in [0.717, 1.165) is 87.4 Å². The van der Waals surface area contributed by atoms with E-state index in [9.17, 15) is 10.1 Å². The molecule has 16 nitrogen and oxygen atoms in total. The van der Waals surface area contributed by atoms with Crippen molar-refractivity contribution in [3.63, 3.8) is 0 Å². The van der Waals surface area contributed by atoms with E-state index in [0.29, 0.717) is 36.5 Å². The summed E-state index contributed by atoms with van der Waals surface area (Å²) in [4.78, 5) is 40.3. The van der Waals surface area contributed by atoms with Gasteiger partial charge in [0.25, 0.3) is 0 Å². The standard InChI is InChI=1S/C32H41N11O5/c1-39-7-9-41(10-8-39)23-17-34-31(35-18-23)37-22-3-5-25(6-4-22)48-30-27-15-26(47-21-24-19-36-32(40(24)2)43(44)45)20-33-28(27)16-29(38-30)42-11-13-46-14-12-42/h15-20,22,25H,3-14,21H2,1-2H3,(H,34,35,37). The number of anilines is 3. The SMILES string of the molecule is CN1CCN(c2cnc(NC3CCC(Oc4nc(N5CCOCC5)cc5ncc(OCc6cnc([N+](=O)[O-])n6C)cc45)CC3)nc2)CC1. The number of nitrogens with zero attached hydrogens (tertiary/aromatic N) is 10. The van der Waals surface area contributed by atoms with Crippen LogP contribution in [0.1, 0.15) is 31.4 Å². The second-order valence-corrected chi connectivity index (χ2v) is 12.6. The maximum absolute atomic E-state index is 11.2. The summed E-state index contributed by atoms with van der Waals surface area (Å²) in [5.74, 6) is 2.24. The highest BCUT2D eigenvalue weighted by Gasteiger charge is 2.26. The number of aromatic nitrogens is 6. The average Bonchev–Trinajstić information content (AvgIpc) is 3.49. The molecule has 1 aliphatic carbocycles. The van der Waals surface area contributed by atoms with Gasteiger partial charge in [0.15, 0.2) is 5.69 Å². The van der Waals surface area contributed by atoms with Crippen LogP contribution in [0.25, 0.3) is 10.9 Å². The molecule has 0 amide bonds. The van der Waals surface area contributed by atoms with Crippen molar-refractivity contribution in [1.29, 1.82) is 0 Å². The number of ether oxygens (including phenoxy) is 3. The Morgan fingerprint density at radius 3 is 2.38 bits per heavy atom. The van der Waals surface area contributed by atoms with Crippen LogP contribution in [-0.2, 0) is 18.4 Å². The summed E-state index contributed by atoms with van der Waals surface area (Å²) in [6.45, 7) is 6.91. The largest absolute Gasteiger partial charge is 0.484 e. The number of likely N-dealkylation sites (N-methyl/N-ethyl adjacent to an activating group) is 1. The number of hydrogen-bond donors (Lipinski definition) is 1. The lowest BCUT2D eigenvalue weighted by Gasteiger charge is -2.33. The number of nitro groups is 1. The van der Waals surface area contributed by atoms with Gasteiger partial charge in [0.1, 0.15) is 30.5 Å². The van der Waals surface area contributed by atoms with Crippen LogP contribution in [-0.4, -0.2) is 111 Å². The fourth-order valence-corrected chi connectivity index (χ4v) is 6.37. The Bertz CT molecular complexity index is 1710. The predicted octanol–water partition coefficient (Wildman–Crippen LogP) is 3.03. The maximum atomic E-state index is 11.2. The van der Waals surface area contributed by atoms with Crippen LogP contribution in [0.15, 0.2) is 36.9 Å². The molecule has 0 radical (unpaired) electrons. The Morgan fingerprint density at radius 2 is 1.67 bits per heavy atom. The molecule has 3 aliphatic rings. The average molecular weight is 660 g/mol. The molecule has 0 atom stereocenters. The number of hydrogen-bond acceptors (Lipinski definition) is 14. The van der Waals surface area contributed by atoms with Gasteiger partial charge in [0.05, 0.1) is 55.4 Å². The Kier molecular flexibility index (Phi) is 9.34. The van der Waals surface area contributed by atoms with Gasteiger partial charge in [-0.25, -0.2) is 14.5 Å². The van der Waals surface area contributed by atoms with E-state index < -0.39 is 4.92 Å². The Morgan fingerprint density at radius 1 is 0.917 bits per heavy atom. The van der Waals surface area contributed by atoms with E-state index in [4.69, 9.17) is 24.2 Å². The molecule has 0 aromatic carbocycles. The molecule has 1 saturated carbocycles.